The van der Waals surface area contributed by atoms with Gasteiger partial charge in [-0.25, -0.2) is 0 Å². The molecule has 12 heteroatoms. The summed E-state index contributed by atoms with van der Waals surface area (Å²) in [6.07, 6.45) is -15.1. The average molecular weight is 278 g/mol. The summed E-state index contributed by atoms with van der Waals surface area (Å²) in [5, 5.41) is 0. The maximum Gasteiger partial charge on any atom is 0.497 e. The monoisotopic (exact) mass is 278 g/mol. The highest BCUT2D eigenvalue weighted by molar-refractivity contribution is 7.74. The third-order valence-electron chi connectivity index (χ3n) is 0.881. The van der Waals surface area contributed by atoms with Crippen molar-refractivity contribution in [1.29, 1.82) is 0 Å². The number of alkyl halides is 4. The zero-order valence-corrected chi connectivity index (χ0v) is 7.54. The van der Waals surface area contributed by atoms with Crippen molar-refractivity contribution in [1.82, 2.24) is 0 Å². The largest absolute Gasteiger partial charge is 0.497 e. The second kappa shape index (κ2) is 4.97. The van der Waals surface area contributed by atoms with E-state index in [1.54, 1.807) is 0 Å². The van der Waals surface area contributed by atoms with Crippen LogP contribution in [0.2, 0.25) is 0 Å². The average Bonchev–Trinajstić information content (AvgIpc) is 1.99. The smallest absolute Gasteiger partial charge is 0.396 e. The van der Waals surface area contributed by atoms with Gasteiger partial charge in [0.15, 0.2) is 0 Å². The van der Waals surface area contributed by atoms with Crippen LogP contribution in [0.15, 0.2) is 12.1 Å². The Kier molecular flexibility index (Phi) is 4.69. The van der Waals surface area contributed by atoms with E-state index in [1.807, 2.05) is 0 Å². The van der Waals surface area contributed by atoms with Crippen LogP contribution in [-0.4, -0.2) is 21.0 Å². The Balaban J connectivity index is 4.90. The molecule has 0 aromatic heterocycles. The van der Waals surface area contributed by atoms with Gasteiger partial charge < -0.3 is 4.74 Å². The van der Waals surface area contributed by atoms with Crippen molar-refractivity contribution < 1.29 is 48.4 Å². The molecule has 0 aliphatic carbocycles. The third kappa shape index (κ3) is 3.94. The molecule has 0 spiro atoms. The van der Waals surface area contributed by atoms with Gasteiger partial charge in [0.05, 0.1) is 0 Å². The lowest BCUT2D eigenvalue weighted by molar-refractivity contribution is -0.400. The van der Waals surface area contributed by atoms with Gasteiger partial charge in [-0.3, -0.25) is 4.55 Å². The van der Waals surface area contributed by atoms with Crippen molar-refractivity contribution in [2.45, 2.75) is 12.2 Å². The molecule has 0 rings (SSSR count). The van der Waals surface area contributed by atoms with Gasteiger partial charge in [0, 0.05) is 0 Å². The Hall–Kier alpha value is -0.880. The number of hydrogen-bond acceptors (Lipinski definition) is 3. The van der Waals surface area contributed by atoms with E-state index in [0.717, 1.165) is 0 Å². The van der Waals surface area contributed by atoms with E-state index in [2.05, 4.69) is 8.92 Å². The van der Waals surface area contributed by atoms with Crippen LogP contribution in [0.5, 0.6) is 0 Å². The quantitative estimate of drug-likeness (QED) is 0.476. The number of halogens is 7. The molecule has 0 aromatic carbocycles. The molecule has 16 heavy (non-hydrogen) atoms. The van der Waals surface area contributed by atoms with Crippen LogP contribution in [0.4, 0.5) is 30.7 Å². The van der Waals surface area contributed by atoms with Crippen LogP contribution in [0.1, 0.15) is 0 Å². The Morgan fingerprint density at radius 3 is 1.81 bits per heavy atom. The van der Waals surface area contributed by atoms with Crippen molar-refractivity contribution >= 4 is 11.4 Å². The molecular weight excluding hydrogens is 277 g/mol. The summed E-state index contributed by atoms with van der Waals surface area (Å²) in [4.78, 5) is 0. The molecule has 0 heterocycles. The molecule has 1 unspecified atom stereocenters. The number of ether oxygens (including phenoxy) is 1. The minimum absolute atomic E-state index is 2.27. The normalized spacial score (nSPS) is 14.5. The Bertz CT molecular complexity index is 312. The first-order chi connectivity index (χ1) is 6.99. The molecule has 1 atom stereocenters. The fourth-order valence-corrected chi connectivity index (χ4v) is 0.625. The van der Waals surface area contributed by atoms with E-state index >= 15 is 0 Å². The van der Waals surface area contributed by atoms with Crippen LogP contribution in [0.3, 0.4) is 0 Å². The van der Waals surface area contributed by atoms with E-state index in [-0.39, 0.29) is 0 Å². The molecule has 0 aliphatic heterocycles. The summed E-state index contributed by atoms with van der Waals surface area (Å²) >= 11 is -3.84. The van der Waals surface area contributed by atoms with Crippen molar-refractivity contribution in [2.75, 3.05) is 0 Å². The first-order valence-electron chi connectivity index (χ1n) is 2.95. The van der Waals surface area contributed by atoms with E-state index < -0.39 is 35.7 Å². The summed E-state index contributed by atoms with van der Waals surface area (Å²) in [6.45, 7) is 0. The molecule has 0 bridgehead atoms. The van der Waals surface area contributed by atoms with Crippen LogP contribution in [0, 0.1) is 0 Å². The van der Waals surface area contributed by atoms with Crippen LogP contribution < -0.4 is 0 Å². The summed E-state index contributed by atoms with van der Waals surface area (Å²) in [5.41, 5.74) is 0. The Morgan fingerprint density at radius 2 is 1.50 bits per heavy atom. The highest BCUT2D eigenvalue weighted by atomic mass is 32.2. The molecule has 0 radical (unpaired) electrons. The zero-order valence-electron chi connectivity index (χ0n) is 6.73. The fraction of sp³-hybridized carbons (Fsp3) is 0.500. The minimum atomic E-state index is -5.89. The summed E-state index contributed by atoms with van der Waals surface area (Å²) in [6, 6.07) is -3.27. The molecule has 0 aliphatic rings. The first kappa shape index (κ1) is 15.1. The molecule has 96 valence electrons. The molecule has 1 N–H and O–H groups in total. The predicted octanol–water partition coefficient (Wildman–Crippen LogP) is 2.38. The highest BCUT2D eigenvalue weighted by Crippen LogP contribution is 2.39. The van der Waals surface area contributed by atoms with Gasteiger partial charge in [-0.1, -0.05) is 0 Å². The lowest BCUT2D eigenvalue weighted by atomic mass is 10.6. The van der Waals surface area contributed by atoms with Gasteiger partial charge in [-0.05, 0) is 0 Å². The van der Waals surface area contributed by atoms with Crippen LogP contribution in [-0.2, 0) is 20.3 Å². The van der Waals surface area contributed by atoms with E-state index in [1.165, 1.54) is 0 Å². The number of hydrogen-bond donors (Lipinski definition) is 1. The number of rotatable bonds is 5. The molecule has 0 fully saturated rings. The second-order valence-corrected chi connectivity index (χ2v) is 2.57. The molecular formula is C4HF7O4S. The predicted molar refractivity (Wildman–Crippen MR) is 33.2 cm³/mol. The molecule has 0 saturated heterocycles. The molecule has 0 saturated carbocycles. The molecule has 4 nitrogen and oxygen atoms in total. The van der Waals surface area contributed by atoms with E-state index in [9.17, 15) is 34.9 Å². The molecule has 0 aromatic rings. The summed E-state index contributed by atoms with van der Waals surface area (Å²) in [7, 11) is 0. The highest BCUT2D eigenvalue weighted by Gasteiger charge is 2.64. The van der Waals surface area contributed by atoms with Gasteiger partial charge in [0.1, 0.15) is 0 Å². The topological polar surface area (TPSA) is 55.8 Å². The second-order valence-electron chi connectivity index (χ2n) is 1.97. The first-order valence-corrected chi connectivity index (χ1v) is 3.98. The minimum Gasteiger partial charge on any atom is -0.396 e. The van der Waals surface area contributed by atoms with Crippen LogP contribution in [0.25, 0.3) is 0 Å². The summed E-state index contributed by atoms with van der Waals surface area (Å²) < 4.78 is 105. The van der Waals surface area contributed by atoms with Crippen molar-refractivity contribution in [3.05, 3.63) is 12.1 Å². The van der Waals surface area contributed by atoms with Gasteiger partial charge in [-0.15, -0.1) is 0 Å². The lowest BCUT2D eigenvalue weighted by Gasteiger charge is -2.22. The van der Waals surface area contributed by atoms with Crippen molar-refractivity contribution in [2.24, 2.45) is 0 Å². The Morgan fingerprint density at radius 1 is 1.06 bits per heavy atom. The van der Waals surface area contributed by atoms with E-state index in [4.69, 9.17) is 4.55 Å². The van der Waals surface area contributed by atoms with Gasteiger partial charge >= 0.3 is 35.7 Å². The lowest BCUT2D eigenvalue weighted by Crippen LogP contribution is -2.45. The van der Waals surface area contributed by atoms with E-state index in [0.29, 0.717) is 0 Å². The summed E-state index contributed by atoms with van der Waals surface area (Å²) in [5.74, 6) is 0. The van der Waals surface area contributed by atoms with Gasteiger partial charge in [0.2, 0.25) is 0 Å². The SMILES string of the molecule is O=S(O)OC(F)(F)C(F)(F)OC(F)=C(F)F. The maximum atomic E-state index is 12.2. The third-order valence-corrected chi connectivity index (χ3v) is 1.23. The maximum absolute atomic E-state index is 12.2. The van der Waals surface area contributed by atoms with Crippen molar-refractivity contribution in [3.8, 4) is 0 Å². The zero-order chi connectivity index (χ0) is 13.1. The van der Waals surface area contributed by atoms with Crippen molar-refractivity contribution in [3.63, 3.8) is 0 Å². The fourth-order valence-electron chi connectivity index (χ4n) is 0.349. The standard InChI is InChI=1S/C4HF7O4S/c5-1(6)2(7)14-3(8,9)4(10,11)15-16(12)13/h(H,12,13). The van der Waals surface area contributed by atoms with Gasteiger partial charge in [0.25, 0.3) is 0 Å². The van der Waals surface area contributed by atoms with Crippen LogP contribution >= 0.6 is 0 Å². The van der Waals surface area contributed by atoms with Gasteiger partial charge in [-0.2, -0.15) is 39.1 Å². The Labute approximate surface area is 85.1 Å². The molecule has 0 amide bonds.